The maximum atomic E-state index is 12.6. The lowest BCUT2D eigenvalue weighted by Crippen LogP contribution is -2.46. The van der Waals surface area contributed by atoms with Gasteiger partial charge in [0.2, 0.25) is 11.8 Å². The van der Waals surface area contributed by atoms with E-state index in [1.165, 1.54) is 25.8 Å². The van der Waals surface area contributed by atoms with Crippen molar-refractivity contribution in [2.45, 2.75) is 24.6 Å². The van der Waals surface area contributed by atoms with E-state index in [9.17, 15) is 14.4 Å². The minimum atomic E-state index is -0.373. The molecule has 2 atom stereocenters. The van der Waals surface area contributed by atoms with Gasteiger partial charge in [0.05, 0.1) is 19.6 Å². The molecule has 2 amide bonds. The van der Waals surface area contributed by atoms with Gasteiger partial charge in [-0.15, -0.1) is 11.8 Å². The summed E-state index contributed by atoms with van der Waals surface area (Å²) in [5.41, 5.74) is 0.886. The van der Waals surface area contributed by atoms with Crippen molar-refractivity contribution in [1.82, 2.24) is 10.2 Å². The van der Waals surface area contributed by atoms with Crippen LogP contribution in [0.4, 0.5) is 0 Å². The molecule has 1 heterocycles. The Bertz CT molecular complexity index is 594. The van der Waals surface area contributed by atoms with E-state index in [4.69, 9.17) is 4.74 Å². The number of thioether (sulfide) groups is 1. The minimum Gasteiger partial charge on any atom is -0.468 e. The van der Waals surface area contributed by atoms with Crippen molar-refractivity contribution in [3.05, 3.63) is 35.9 Å². The van der Waals surface area contributed by atoms with E-state index in [1.54, 1.807) is 4.90 Å². The largest absolute Gasteiger partial charge is 0.468 e. The van der Waals surface area contributed by atoms with Crippen LogP contribution in [-0.2, 0) is 19.1 Å². The van der Waals surface area contributed by atoms with E-state index in [0.717, 1.165) is 5.56 Å². The van der Waals surface area contributed by atoms with Crippen LogP contribution in [0.3, 0.4) is 0 Å². The zero-order valence-corrected chi connectivity index (χ0v) is 14.7. The summed E-state index contributed by atoms with van der Waals surface area (Å²) in [6.45, 7) is 2.38. The molecule has 1 fully saturated rings. The van der Waals surface area contributed by atoms with Crippen LogP contribution in [0.1, 0.15) is 24.9 Å². The van der Waals surface area contributed by atoms with E-state index in [1.807, 2.05) is 30.3 Å². The fourth-order valence-electron chi connectivity index (χ4n) is 2.64. The SMILES string of the molecule is COC(=O)[C@H]1CN(C(=O)C[C@H](NC(C)=O)c2ccccc2)CCS1. The number of esters is 1. The van der Waals surface area contributed by atoms with Gasteiger partial charge in [0.15, 0.2) is 0 Å². The molecule has 1 aliphatic rings. The number of benzene rings is 1. The summed E-state index contributed by atoms with van der Waals surface area (Å²) < 4.78 is 4.77. The third-order valence-electron chi connectivity index (χ3n) is 3.84. The highest BCUT2D eigenvalue weighted by Crippen LogP contribution is 2.23. The Morgan fingerprint density at radius 3 is 2.67 bits per heavy atom. The lowest BCUT2D eigenvalue weighted by molar-refractivity contribution is -0.141. The van der Waals surface area contributed by atoms with Crippen molar-refractivity contribution in [2.75, 3.05) is 26.0 Å². The Kier molecular flexibility index (Phi) is 6.66. The number of hydrogen-bond acceptors (Lipinski definition) is 5. The van der Waals surface area contributed by atoms with Gasteiger partial charge in [-0.2, -0.15) is 0 Å². The molecule has 1 aliphatic heterocycles. The van der Waals surface area contributed by atoms with Gasteiger partial charge in [0.1, 0.15) is 5.25 Å². The summed E-state index contributed by atoms with van der Waals surface area (Å²) >= 11 is 1.50. The van der Waals surface area contributed by atoms with Crippen molar-refractivity contribution < 1.29 is 19.1 Å². The molecule has 2 rings (SSSR count). The Morgan fingerprint density at radius 2 is 2.04 bits per heavy atom. The second-order valence-corrected chi connectivity index (χ2v) is 6.90. The molecule has 0 bridgehead atoms. The van der Waals surface area contributed by atoms with Gasteiger partial charge in [0, 0.05) is 25.8 Å². The maximum absolute atomic E-state index is 12.6. The van der Waals surface area contributed by atoms with Crippen molar-refractivity contribution in [1.29, 1.82) is 0 Å². The Balaban J connectivity index is 2.04. The summed E-state index contributed by atoms with van der Waals surface area (Å²) in [5.74, 6) is 0.130. The first-order valence-corrected chi connectivity index (χ1v) is 8.85. The maximum Gasteiger partial charge on any atom is 0.320 e. The molecule has 130 valence electrons. The van der Waals surface area contributed by atoms with Crippen LogP contribution in [0.5, 0.6) is 0 Å². The first-order chi connectivity index (χ1) is 11.5. The second kappa shape index (κ2) is 8.73. The van der Waals surface area contributed by atoms with Gasteiger partial charge in [-0.25, -0.2) is 0 Å². The van der Waals surface area contributed by atoms with E-state index < -0.39 is 0 Å². The average Bonchev–Trinajstić information content (AvgIpc) is 2.61. The normalized spacial score (nSPS) is 18.6. The van der Waals surface area contributed by atoms with Gasteiger partial charge in [-0.1, -0.05) is 30.3 Å². The molecule has 0 unspecified atom stereocenters. The standard InChI is InChI=1S/C17H22N2O4S/c1-12(20)18-14(13-6-4-3-5-7-13)10-16(21)19-8-9-24-15(11-19)17(22)23-2/h3-7,14-15H,8-11H2,1-2H3,(H,18,20)/t14-,15+/m0/s1. The van der Waals surface area contributed by atoms with Crippen LogP contribution in [0.25, 0.3) is 0 Å². The van der Waals surface area contributed by atoms with Crippen LogP contribution in [0.2, 0.25) is 0 Å². The molecule has 6 nitrogen and oxygen atoms in total. The number of amides is 2. The van der Waals surface area contributed by atoms with Crippen LogP contribution in [-0.4, -0.2) is 53.9 Å². The third-order valence-corrected chi connectivity index (χ3v) is 5.00. The fourth-order valence-corrected chi connectivity index (χ4v) is 3.76. The molecule has 0 aliphatic carbocycles. The Morgan fingerprint density at radius 1 is 1.33 bits per heavy atom. The van der Waals surface area contributed by atoms with Gasteiger partial charge in [0.25, 0.3) is 0 Å². The molecule has 1 aromatic rings. The van der Waals surface area contributed by atoms with Crippen molar-refractivity contribution in [2.24, 2.45) is 0 Å². The van der Waals surface area contributed by atoms with E-state index in [2.05, 4.69) is 5.32 Å². The summed E-state index contributed by atoms with van der Waals surface area (Å²) in [4.78, 5) is 37.5. The average molecular weight is 350 g/mol. The summed E-state index contributed by atoms with van der Waals surface area (Å²) in [5, 5.41) is 2.48. The smallest absolute Gasteiger partial charge is 0.320 e. The summed E-state index contributed by atoms with van der Waals surface area (Å²) in [7, 11) is 1.35. The predicted octanol–water partition coefficient (Wildman–Crippen LogP) is 1.37. The Labute approximate surface area is 145 Å². The molecular formula is C17H22N2O4S. The number of nitrogens with zero attached hydrogens (tertiary/aromatic N) is 1. The minimum absolute atomic E-state index is 0.0770. The highest BCUT2D eigenvalue weighted by molar-refractivity contribution is 8.00. The zero-order chi connectivity index (χ0) is 17.5. The second-order valence-electron chi connectivity index (χ2n) is 5.59. The number of ether oxygens (including phenoxy) is 1. The van der Waals surface area contributed by atoms with E-state index in [-0.39, 0.29) is 35.5 Å². The van der Waals surface area contributed by atoms with E-state index >= 15 is 0 Å². The first-order valence-electron chi connectivity index (χ1n) is 7.80. The molecule has 0 saturated carbocycles. The quantitative estimate of drug-likeness (QED) is 0.812. The number of nitrogens with one attached hydrogen (secondary N) is 1. The highest BCUT2D eigenvalue weighted by atomic mass is 32.2. The van der Waals surface area contributed by atoms with Crippen LogP contribution in [0, 0.1) is 0 Å². The predicted molar refractivity (Wildman–Crippen MR) is 92.5 cm³/mol. The zero-order valence-electron chi connectivity index (χ0n) is 13.9. The van der Waals surface area contributed by atoms with Crippen molar-refractivity contribution in [3.63, 3.8) is 0 Å². The Hall–Kier alpha value is -2.02. The molecule has 1 saturated heterocycles. The number of rotatable bonds is 5. The number of hydrogen-bond donors (Lipinski definition) is 1. The molecule has 0 spiro atoms. The van der Waals surface area contributed by atoms with Crippen LogP contribution >= 0.6 is 11.8 Å². The topological polar surface area (TPSA) is 75.7 Å². The molecular weight excluding hydrogens is 328 g/mol. The van der Waals surface area contributed by atoms with Gasteiger partial charge in [-0.05, 0) is 5.56 Å². The summed E-state index contributed by atoms with van der Waals surface area (Å²) in [6, 6.07) is 9.04. The van der Waals surface area contributed by atoms with Gasteiger partial charge < -0.3 is 15.0 Å². The number of methoxy groups -OCH3 is 1. The van der Waals surface area contributed by atoms with Gasteiger partial charge >= 0.3 is 5.97 Å². The first kappa shape index (κ1) is 18.3. The lowest BCUT2D eigenvalue weighted by Gasteiger charge is -2.32. The monoisotopic (exact) mass is 350 g/mol. The highest BCUT2D eigenvalue weighted by Gasteiger charge is 2.30. The molecule has 1 N–H and O–H groups in total. The van der Waals surface area contributed by atoms with Crippen molar-refractivity contribution >= 4 is 29.5 Å². The number of carbonyl (C=O) groups is 3. The molecule has 24 heavy (non-hydrogen) atoms. The molecule has 7 heteroatoms. The molecule has 0 radical (unpaired) electrons. The molecule has 1 aromatic carbocycles. The van der Waals surface area contributed by atoms with E-state index in [0.29, 0.717) is 18.8 Å². The third kappa shape index (κ3) is 4.99. The lowest BCUT2D eigenvalue weighted by atomic mass is 10.0. The fraction of sp³-hybridized carbons (Fsp3) is 0.471. The molecule has 0 aromatic heterocycles. The number of carbonyl (C=O) groups excluding carboxylic acids is 3. The summed E-state index contributed by atoms with van der Waals surface area (Å²) in [6.07, 6.45) is 0.169. The van der Waals surface area contributed by atoms with Gasteiger partial charge in [-0.3, -0.25) is 14.4 Å². The van der Waals surface area contributed by atoms with Crippen molar-refractivity contribution in [3.8, 4) is 0 Å². The van der Waals surface area contributed by atoms with Crippen LogP contribution in [0.15, 0.2) is 30.3 Å². The van der Waals surface area contributed by atoms with Crippen LogP contribution < -0.4 is 5.32 Å².